The van der Waals surface area contributed by atoms with E-state index in [1.165, 1.54) is 4.88 Å². The van der Waals surface area contributed by atoms with Crippen LogP contribution in [0.2, 0.25) is 0 Å². The van der Waals surface area contributed by atoms with Crippen molar-refractivity contribution in [1.82, 2.24) is 20.4 Å². The summed E-state index contributed by atoms with van der Waals surface area (Å²) in [6.45, 7) is 8.45. The van der Waals surface area contributed by atoms with Crippen LogP contribution in [0.5, 0.6) is 0 Å². The van der Waals surface area contributed by atoms with Gasteiger partial charge in [0.25, 0.3) is 5.91 Å². The van der Waals surface area contributed by atoms with Crippen LogP contribution in [0, 0.1) is 6.92 Å². The van der Waals surface area contributed by atoms with Gasteiger partial charge in [0.1, 0.15) is 0 Å². The van der Waals surface area contributed by atoms with E-state index in [1.807, 2.05) is 12.1 Å². The molecular formula is C17H24N4O2S. The summed E-state index contributed by atoms with van der Waals surface area (Å²) >= 11 is 1.68. The first-order chi connectivity index (χ1) is 11.6. The van der Waals surface area contributed by atoms with Crippen LogP contribution in [0.3, 0.4) is 0 Å². The van der Waals surface area contributed by atoms with E-state index in [2.05, 4.69) is 40.3 Å². The smallest absolute Gasteiger partial charge is 0.271 e. The van der Waals surface area contributed by atoms with Gasteiger partial charge in [-0.05, 0) is 38.5 Å². The molecule has 6 nitrogen and oxygen atoms in total. The van der Waals surface area contributed by atoms with Crippen LogP contribution >= 0.6 is 11.3 Å². The highest BCUT2D eigenvalue weighted by Crippen LogP contribution is 2.26. The number of nitrogens with one attached hydrogen (secondary N) is 2. The summed E-state index contributed by atoms with van der Waals surface area (Å²) in [6, 6.07) is 6.36. The molecule has 1 aliphatic rings. The number of amides is 1. The predicted octanol–water partition coefficient (Wildman–Crippen LogP) is 2.29. The number of H-pyrrole nitrogens is 1. The first-order valence-electron chi connectivity index (χ1n) is 8.35. The van der Waals surface area contributed by atoms with E-state index >= 15 is 0 Å². The molecule has 0 spiro atoms. The van der Waals surface area contributed by atoms with Crippen LogP contribution in [0.25, 0.3) is 10.6 Å². The minimum atomic E-state index is -0.125. The summed E-state index contributed by atoms with van der Waals surface area (Å²) in [5, 5.41) is 10.0. The molecule has 1 saturated heterocycles. The van der Waals surface area contributed by atoms with Crippen LogP contribution in [0.1, 0.15) is 28.7 Å². The van der Waals surface area contributed by atoms with Crippen molar-refractivity contribution in [3.05, 3.63) is 28.8 Å². The number of hydrogen-bond acceptors (Lipinski definition) is 5. The summed E-state index contributed by atoms with van der Waals surface area (Å²) in [6.07, 6.45) is 0.924. The van der Waals surface area contributed by atoms with Crippen molar-refractivity contribution < 1.29 is 9.53 Å². The SMILES string of the molecule is Cc1ccc(-c2cc(C(=O)NCCC(C)N3CCOCC3)n[nH]2)s1. The van der Waals surface area contributed by atoms with E-state index in [0.717, 1.165) is 43.3 Å². The molecule has 2 aromatic heterocycles. The number of aromatic nitrogens is 2. The quantitative estimate of drug-likeness (QED) is 0.840. The average Bonchev–Trinajstić information content (AvgIpc) is 3.24. The molecule has 130 valence electrons. The number of rotatable bonds is 6. The second-order valence-corrected chi connectivity index (χ2v) is 7.41. The number of nitrogens with zero attached hydrogens (tertiary/aromatic N) is 2. The maximum Gasteiger partial charge on any atom is 0.271 e. The standard InChI is InChI=1S/C17H24N4O2S/c1-12(21-7-9-23-10-8-21)5-6-18-17(22)15-11-14(19-20-15)16-4-3-13(2)24-16/h3-4,11-12H,5-10H2,1-2H3,(H,18,22)(H,19,20). The highest BCUT2D eigenvalue weighted by molar-refractivity contribution is 7.15. The number of aryl methyl sites for hydroxylation is 1. The second-order valence-electron chi connectivity index (χ2n) is 6.12. The van der Waals surface area contributed by atoms with Crippen LogP contribution < -0.4 is 5.32 Å². The summed E-state index contributed by atoms with van der Waals surface area (Å²) in [4.78, 5) is 17.0. The third-order valence-corrected chi connectivity index (χ3v) is 5.37. The molecule has 0 aliphatic carbocycles. The monoisotopic (exact) mass is 348 g/mol. The van der Waals surface area contributed by atoms with Gasteiger partial charge in [0.2, 0.25) is 0 Å². The summed E-state index contributed by atoms with van der Waals surface area (Å²) in [5.41, 5.74) is 1.33. The summed E-state index contributed by atoms with van der Waals surface area (Å²) < 4.78 is 5.37. The molecule has 24 heavy (non-hydrogen) atoms. The molecule has 1 unspecified atom stereocenters. The number of aromatic amines is 1. The molecule has 0 radical (unpaired) electrons. The lowest BCUT2D eigenvalue weighted by atomic mass is 10.2. The molecule has 1 amide bonds. The van der Waals surface area contributed by atoms with Gasteiger partial charge in [-0.3, -0.25) is 14.8 Å². The average molecular weight is 348 g/mol. The molecule has 1 atom stereocenters. The Kier molecular flexibility index (Phi) is 5.65. The second kappa shape index (κ2) is 7.92. The van der Waals surface area contributed by atoms with Gasteiger partial charge in [-0.25, -0.2) is 0 Å². The Morgan fingerprint density at radius 2 is 2.25 bits per heavy atom. The van der Waals surface area contributed by atoms with Crippen LogP contribution in [-0.4, -0.2) is 59.9 Å². The highest BCUT2D eigenvalue weighted by Gasteiger charge is 2.17. The van der Waals surface area contributed by atoms with Crippen LogP contribution in [0.15, 0.2) is 18.2 Å². The minimum absolute atomic E-state index is 0.125. The van der Waals surface area contributed by atoms with E-state index in [1.54, 1.807) is 11.3 Å². The Bertz CT molecular complexity index is 676. The Morgan fingerprint density at radius 3 is 2.96 bits per heavy atom. The molecule has 7 heteroatoms. The molecule has 0 aromatic carbocycles. The fourth-order valence-electron chi connectivity index (χ4n) is 2.83. The van der Waals surface area contributed by atoms with E-state index < -0.39 is 0 Å². The fourth-order valence-corrected chi connectivity index (χ4v) is 3.66. The van der Waals surface area contributed by atoms with Gasteiger partial charge in [-0.2, -0.15) is 5.10 Å². The van der Waals surface area contributed by atoms with Crippen molar-refractivity contribution in [1.29, 1.82) is 0 Å². The maximum absolute atomic E-state index is 12.2. The van der Waals surface area contributed by atoms with Crippen LogP contribution in [0.4, 0.5) is 0 Å². The lowest BCUT2D eigenvalue weighted by Gasteiger charge is -2.32. The number of hydrogen-bond donors (Lipinski definition) is 2. The van der Waals surface area contributed by atoms with E-state index in [-0.39, 0.29) is 5.91 Å². The number of carbonyl (C=O) groups is 1. The Balaban J connectivity index is 1.47. The molecule has 3 heterocycles. The molecular weight excluding hydrogens is 324 g/mol. The van der Waals surface area contributed by atoms with E-state index in [0.29, 0.717) is 18.3 Å². The van der Waals surface area contributed by atoms with E-state index in [4.69, 9.17) is 4.74 Å². The van der Waals surface area contributed by atoms with Gasteiger partial charge in [-0.1, -0.05) is 0 Å². The number of morpholine rings is 1. The number of carbonyl (C=O) groups excluding carboxylic acids is 1. The first-order valence-corrected chi connectivity index (χ1v) is 9.17. The highest BCUT2D eigenvalue weighted by atomic mass is 32.1. The number of ether oxygens (including phenoxy) is 1. The van der Waals surface area contributed by atoms with Gasteiger partial charge in [0.05, 0.1) is 23.8 Å². The first kappa shape index (κ1) is 17.1. The lowest BCUT2D eigenvalue weighted by molar-refractivity contribution is 0.0187. The van der Waals surface area contributed by atoms with Crippen molar-refractivity contribution in [2.24, 2.45) is 0 Å². The molecule has 0 bridgehead atoms. The largest absolute Gasteiger partial charge is 0.379 e. The van der Waals surface area contributed by atoms with Crippen molar-refractivity contribution in [2.75, 3.05) is 32.8 Å². The lowest BCUT2D eigenvalue weighted by Crippen LogP contribution is -2.43. The third-order valence-electron chi connectivity index (χ3n) is 4.33. The fraction of sp³-hybridized carbons (Fsp3) is 0.529. The predicted molar refractivity (Wildman–Crippen MR) is 95.4 cm³/mol. The van der Waals surface area contributed by atoms with Gasteiger partial charge in [-0.15, -0.1) is 11.3 Å². The molecule has 2 N–H and O–H groups in total. The zero-order chi connectivity index (χ0) is 16.9. The normalized spacial score (nSPS) is 16.9. The third kappa shape index (κ3) is 4.23. The maximum atomic E-state index is 12.2. The minimum Gasteiger partial charge on any atom is -0.379 e. The van der Waals surface area contributed by atoms with Gasteiger partial charge in [0, 0.05) is 30.6 Å². The van der Waals surface area contributed by atoms with Gasteiger partial charge < -0.3 is 10.1 Å². The molecule has 1 fully saturated rings. The zero-order valence-electron chi connectivity index (χ0n) is 14.2. The summed E-state index contributed by atoms with van der Waals surface area (Å²) in [7, 11) is 0. The Hall–Kier alpha value is -1.70. The molecule has 1 aliphatic heterocycles. The van der Waals surface area contributed by atoms with Crippen molar-refractivity contribution in [3.63, 3.8) is 0 Å². The Labute approximate surface area is 146 Å². The van der Waals surface area contributed by atoms with Crippen molar-refractivity contribution >= 4 is 17.2 Å². The van der Waals surface area contributed by atoms with Crippen molar-refractivity contribution in [2.45, 2.75) is 26.3 Å². The molecule has 0 saturated carbocycles. The Morgan fingerprint density at radius 1 is 1.46 bits per heavy atom. The van der Waals surface area contributed by atoms with Gasteiger partial charge >= 0.3 is 0 Å². The molecule has 2 aromatic rings. The topological polar surface area (TPSA) is 70.2 Å². The zero-order valence-corrected chi connectivity index (χ0v) is 15.0. The summed E-state index contributed by atoms with van der Waals surface area (Å²) in [5.74, 6) is -0.125. The van der Waals surface area contributed by atoms with Crippen LogP contribution in [-0.2, 0) is 4.74 Å². The van der Waals surface area contributed by atoms with E-state index in [9.17, 15) is 4.79 Å². The van der Waals surface area contributed by atoms with Crippen molar-refractivity contribution in [3.8, 4) is 10.6 Å². The number of thiophene rings is 1. The molecule has 3 rings (SSSR count). The van der Waals surface area contributed by atoms with Gasteiger partial charge in [0.15, 0.2) is 5.69 Å².